The first-order chi connectivity index (χ1) is 14.0. The van der Waals surface area contributed by atoms with Crippen LogP contribution in [0.25, 0.3) is 0 Å². The molecule has 1 heterocycles. The fourth-order valence-electron chi connectivity index (χ4n) is 2.80. The molecule has 0 radical (unpaired) electrons. The van der Waals surface area contributed by atoms with Crippen LogP contribution in [0.3, 0.4) is 0 Å². The third kappa shape index (κ3) is 5.52. The van der Waals surface area contributed by atoms with Crippen molar-refractivity contribution in [1.82, 2.24) is 14.8 Å². The Kier molecular flexibility index (Phi) is 7.17. The van der Waals surface area contributed by atoms with Crippen LogP contribution in [-0.2, 0) is 17.9 Å². The number of benzene rings is 2. The second kappa shape index (κ2) is 9.80. The third-order valence-corrected chi connectivity index (χ3v) is 5.56. The number of halogens is 1. The first-order valence-electron chi connectivity index (χ1n) is 9.27. The maximum absolute atomic E-state index is 12.3. The van der Waals surface area contributed by atoms with E-state index in [1.54, 1.807) is 6.07 Å². The summed E-state index contributed by atoms with van der Waals surface area (Å²) >= 11 is 7.34. The predicted octanol–water partition coefficient (Wildman–Crippen LogP) is 4.88. The quantitative estimate of drug-likeness (QED) is 0.516. The molecule has 0 bridgehead atoms. The second-order valence-electron chi connectivity index (χ2n) is 6.49. The minimum absolute atomic E-state index is 0.0791. The van der Waals surface area contributed by atoms with E-state index in [0.717, 1.165) is 22.6 Å². The maximum atomic E-state index is 12.3. The van der Waals surface area contributed by atoms with Crippen LogP contribution in [0.5, 0.6) is 5.75 Å². The Morgan fingerprint density at radius 3 is 2.69 bits per heavy atom. The molecule has 0 fully saturated rings. The van der Waals surface area contributed by atoms with Crippen molar-refractivity contribution in [3.05, 3.63) is 64.4 Å². The molecule has 0 aliphatic carbocycles. The minimum atomic E-state index is -0.0791. The lowest BCUT2D eigenvalue weighted by atomic mass is 10.2. The molecule has 0 unspecified atom stereocenters. The number of hydrogen-bond acceptors (Lipinski definition) is 5. The van der Waals surface area contributed by atoms with Crippen LogP contribution in [0.15, 0.2) is 47.6 Å². The largest absolute Gasteiger partial charge is 0.485 e. The molecule has 3 rings (SSSR count). The zero-order chi connectivity index (χ0) is 20.8. The molecular weight excluding hydrogens is 408 g/mol. The number of ether oxygens (including phenoxy) is 1. The number of aromatic nitrogens is 3. The van der Waals surface area contributed by atoms with E-state index in [1.165, 1.54) is 11.8 Å². The van der Waals surface area contributed by atoms with Crippen molar-refractivity contribution in [2.75, 3.05) is 11.1 Å². The fraction of sp³-hybridized carbons (Fsp3) is 0.286. The zero-order valence-corrected chi connectivity index (χ0v) is 18.2. The van der Waals surface area contributed by atoms with Gasteiger partial charge in [0.2, 0.25) is 5.91 Å². The lowest BCUT2D eigenvalue weighted by Crippen LogP contribution is -2.15. The summed E-state index contributed by atoms with van der Waals surface area (Å²) in [4.78, 5) is 12.3. The Morgan fingerprint density at radius 2 is 1.97 bits per heavy atom. The molecule has 0 saturated carbocycles. The highest BCUT2D eigenvalue weighted by Crippen LogP contribution is 2.24. The summed E-state index contributed by atoms with van der Waals surface area (Å²) in [6.45, 7) is 6.90. The van der Waals surface area contributed by atoms with Gasteiger partial charge >= 0.3 is 0 Å². The fourth-order valence-corrected chi connectivity index (χ4v) is 3.84. The summed E-state index contributed by atoms with van der Waals surface area (Å²) < 4.78 is 7.84. The van der Waals surface area contributed by atoms with Crippen molar-refractivity contribution >= 4 is 35.0 Å². The summed E-state index contributed by atoms with van der Waals surface area (Å²) in [5, 5.41) is 12.8. The van der Waals surface area contributed by atoms with Crippen LogP contribution in [0.2, 0.25) is 5.02 Å². The monoisotopic (exact) mass is 430 g/mol. The molecule has 0 aliphatic rings. The predicted molar refractivity (Wildman–Crippen MR) is 117 cm³/mol. The Morgan fingerprint density at radius 1 is 1.17 bits per heavy atom. The first kappa shape index (κ1) is 21.2. The van der Waals surface area contributed by atoms with Gasteiger partial charge in [0.15, 0.2) is 11.0 Å². The summed E-state index contributed by atoms with van der Waals surface area (Å²) in [6, 6.07) is 13.2. The van der Waals surface area contributed by atoms with Crippen LogP contribution >= 0.6 is 23.4 Å². The van der Waals surface area contributed by atoms with E-state index in [0.29, 0.717) is 29.2 Å². The highest BCUT2D eigenvalue weighted by atomic mass is 35.5. The van der Waals surface area contributed by atoms with Gasteiger partial charge in [0.1, 0.15) is 12.4 Å². The van der Waals surface area contributed by atoms with Gasteiger partial charge in [-0.2, -0.15) is 0 Å². The molecule has 6 nitrogen and oxygen atoms in total. The molecule has 0 aliphatic heterocycles. The molecular formula is C21H23ClN4O2S. The van der Waals surface area contributed by atoms with E-state index >= 15 is 0 Å². The molecule has 0 atom stereocenters. The molecule has 1 amide bonds. The molecule has 8 heteroatoms. The Balaban J connectivity index is 1.60. The van der Waals surface area contributed by atoms with E-state index in [4.69, 9.17) is 16.3 Å². The number of thioether (sulfide) groups is 1. The van der Waals surface area contributed by atoms with Crippen LogP contribution in [-0.4, -0.2) is 26.4 Å². The SMILES string of the molecule is CCn1c(COc2ccc(Cl)cc2C)nnc1SCC(=O)Nc1ccccc1C. The molecule has 0 spiro atoms. The van der Waals surface area contributed by atoms with Crippen LogP contribution in [0, 0.1) is 13.8 Å². The van der Waals surface area contributed by atoms with Crippen LogP contribution in [0.4, 0.5) is 5.69 Å². The molecule has 0 saturated heterocycles. The Bertz CT molecular complexity index is 1010. The standard InChI is InChI=1S/C21H23ClN4O2S/c1-4-26-19(12-28-18-10-9-16(22)11-15(18)3)24-25-21(26)29-13-20(27)23-17-8-6-5-7-14(17)2/h5-11H,4,12-13H2,1-3H3,(H,23,27). The number of nitrogens with one attached hydrogen (secondary N) is 1. The average molecular weight is 431 g/mol. The molecule has 1 aromatic heterocycles. The summed E-state index contributed by atoms with van der Waals surface area (Å²) in [7, 11) is 0. The van der Waals surface area contributed by atoms with E-state index < -0.39 is 0 Å². The van der Waals surface area contributed by atoms with Gasteiger partial charge in [-0.3, -0.25) is 4.79 Å². The van der Waals surface area contributed by atoms with Crippen molar-refractivity contribution < 1.29 is 9.53 Å². The van der Waals surface area contributed by atoms with E-state index in [9.17, 15) is 4.79 Å². The second-order valence-corrected chi connectivity index (χ2v) is 7.87. The lowest BCUT2D eigenvalue weighted by molar-refractivity contribution is -0.113. The topological polar surface area (TPSA) is 69.0 Å². The highest BCUT2D eigenvalue weighted by Gasteiger charge is 2.14. The van der Waals surface area contributed by atoms with Crippen LogP contribution in [0.1, 0.15) is 23.9 Å². The average Bonchev–Trinajstić information content (AvgIpc) is 3.09. The van der Waals surface area contributed by atoms with Crippen molar-refractivity contribution in [2.45, 2.75) is 39.1 Å². The van der Waals surface area contributed by atoms with Gasteiger partial charge in [-0.05, 0) is 56.2 Å². The van der Waals surface area contributed by atoms with Gasteiger partial charge in [-0.15, -0.1) is 10.2 Å². The molecule has 1 N–H and O–H groups in total. The lowest BCUT2D eigenvalue weighted by Gasteiger charge is -2.11. The first-order valence-corrected chi connectivity index (χ1v) is 10.6. The summed E-state index contributed by atoms with van der Waals surface area (Å²) in [5.74, 6) is 1.64. The van der Waals surface area contributed by atoms with Gasteiger partial charge in [0.25, 0.3) is 0 Å². The van der Waals surface area contributed by atoms with Gasteiger partial charge in [0.05, 0.1) is 5.75 Å². The minimum Gasteiger partial charge on any atom is -0.485 e. The van der Waals surface area contributed by atoms with Gasteiger partial charge < -0.3 is 14.6 Å². The van der Waals surface area contributed by atoms with Gasteiger partial charge in [-0.25, -0.2) is 0 Å². The molecule has 29 heavy (non-hydrogen) atoms. The summed E-state index contributed by atoms with van der Waals surface area (Å²) in [5.41, 5.74) is 2.81. The third-order valence-electron chi connectivity index (χ3n) is 4.35. The molecule has 2 aromatic carbocycles. The van der Waals surface area contributed by atoms with Crippen molar-refractivity contribution in [1.29, 1.82) is 0 Å². The smallest absolute Gasteiger partial charge is 0.234 e. The highest BCUT2D eigenvalue weighted by molar-refractivity contribution is 7.99. The number of nitrogens with zero attached hydrogens (tertiary/aromatic N) is 3. The molecule has 152 valence electrons. The van der Waals surface area contributed by atoms with E-state index in [1.807, 2.05) is 61.7 Å². The number of carbonyl (C=O) groups excluding carboxylic acids is 1. The van der Waals surface area contributed by atoms with Crippen molar-refractivity contribution in [3.63, 3.8) is 0 Å². The number of hydrogen-bond donors (Lipinski definition) is 1. The number of carbonyl (C=O) groups is 1. The number of aryl methyl sites for hydroxylation is 2. The van der Waals surface area contributed by atoms with Gasteiger partial charge in [-0.1, -0.05) is 41.6 Å². The Hall–Kier alpha value is -2.51. The number of rotatable bonds is 8. The maximum Gasteiger partial charge on any atom is 0.234 e. The number of amides is 1. The van der Waals surface area contributed by atoms with E-state index in [2.05, 4.69) is 15.5 Å². The summed E-state index contributed by atoms with van der Waals surface area (Å²) in [6.07, 6.45) is 0. The molecule has 3 aromatic rings. The van der Waals surface area contributed by atoms with Crippen LogP contribution < -0.4 is 10.1 Å². The number of anilines is 1. The van der Waals surface area contributed by atoms with E-state index in [-0.39, 0.29) is 11.7 Å². The normalized spacial score (nSPS) is 10.8. The van der Waals surface area contributed by atoms with Gasteiger partial charge in [0, 0.05) is 17.3 Å². The van der Waals surface area contributed by atoms with Crippen molar-refractivity contribution in [2.24, 2.45) is 0 Å². The van der Waals surface area contributed by atoms with Crippen molar-refractivity contribution in [3.8, 4) is 5.75 Å². The number of para-hydroxylation sites is 1. The zero-order valence-electron chi connectivity index (χ0n) is 16.6. The Labute approximate surface area is 179 Å².